The molecule has 3 aromatic rings. The van der Waals surface area contributed by atoms with Crippen molar-refractivity contribution in [1.29, 1.82) is 0 Å². The molecule has 4 rings (SSSR count). The van der Waals surface area contributed by atoms with Gasteiger partial charge >= 0.3 is 0 Å². The second-order valence-corrected chi connectivity index (χ2v) is 9.38. The SMILES string of the molecule is CC(=O)c1ccc(C2CCN(C(C)/C(C)=C/c3c(-c4ccc(N)nc4)ccnc3C)CC2)cc1. The minimum atomic E-state index is 0.122. The molecule has 0 saturated carbocycles. The number of nitrogens with zero attached hydrogens (tertiary/aromatic N) is 3. The molecule has 176 valence electrons. The van der Waals surface area contributed by atoms with Gasteiger partial charge < -0.3 is 5.73 Å². The van der Waals surface area contributed by atoms with Crippen LogP contribution in [0.15, 0.2) is 60.4 Å². The van der Waals surface area contributed by atoms with Gasteiger partial charge in [-0.2, -0.15) is 0 Å². The van der Waals surface area contributed by atoms with Gasteiger partial charge in [0.05, 0.1) is 0 Å². The number of ketones is 1. The number of pyridine rings is 2. The highest BCUT2D eigenvalue weighted by Crippen LogP contribution is 2.32. The minimum absolute atomic E-state index is 0.122. The summed E-state index contributed by atoms with van der Waals surface area (Å²) in [4.78, 5) is 22.9. The molecule has 0 aliphatic carbocycles. The molecule has 0 spiro atoms. The van der Waals surface area contributed by atoms with Crippen LogP contribution in [0.4, 0.5) is 5.82 Å². The van der Waals surface area contributed by atoms with E-state index in [0.29, 0.717) is 17.8 Å². The Morgan fingerprint density at radius 2 is 1.76 bits per heavy atom. The van der Waals surface area contributed by atoms with Gasteiger partial charge in [0.25, 0.3) is 0 Å². The summed E-state index contributed by atoms with van der Waals surface area (Å²) in [6.45, 7) is 10.3. The zero-order chi connectivity index (χ0) is 24.2. The Bertz CT molecular complexity index is 1170. The molecule has 1 atom stereocenters. The first kappa shape index (κ1) is 23.8. The van der Waals surface area contributed by atoms with Crippen LogP contribution < -0.4 is 5.73 Å². The zero-order valence-corrected chi connectivity index (χ0v) is 20.6. The third-order valence-electron chi connectivity index (χ3n) is 7.18. The Morgan fingerprint density at radius 1 is 1.06 bits per heavy atom. The average molecular weight is 455 g/mol. The fourth-order valence-corrected chi connectivity index (χ4v) is 4.82. The van der Waals surface area contributed by atoms with Crippen LogP contribution in [0.3, 0.4) is 0 Å². The van der Waals surface area contributed by atoms with Crippen molar-refractivity contribution >= 4 is 17.7 Å². The maximum Gasteiger partial charge on any atom is 0.159 e. The van der Waals surface area contributed by atoms with Crippen LogP contribution in [0.2, 0.25) is 0 Å². The smallest absolute Gasteiger partial charge is 0.159 e. The highest BCUT2D eigenvalue weighted by Gasteiger charge is 2.24. The van der Waals surface area contributed by atoms with Crippen molar-refractivity contribution in [3.05, 3.63) is 82.8 Å². The Hall–Kier alpha value is -3.31. The molecule has 5 heteroatoms. The number of nitrogens with two attached hydrogens (primary N) is 1. The summed E-state index contributed by atoms with van der Waals surface area (Å²) in [5, 5.41) is 0. The summed E-state index contributed by atoms with van der Waals surface area (Å²) in [5.41, 5.74) is 13.6. The lowest BCUT2D eigenvalue weighted by Gasteiger charge is -2.37. The monoisotopic (exact) mass is 454 g/mol. The van der Waals surface area contributed by atoms with E-state index in [1.807, 2.05) is 42.7 Å². The average Bonchev–Trinajstić information content (AvgIpc) is 2.85. The van der Waals surface area contributed by atoms with Crippen LogP contribution in [-0.4, -0.2) is 39.8 Å². The summed E-state index contributed by atoms with van der Waals surface area (Å²) < 4.78 is 0. The van der Waals surface area contributed by atoms with E-state index >= 15 is 0 Å². The van der Waals surface area contributed by atoms with Gasteiger partial charge in [0.1, 0.15) is 5.82 Å². The molecule has 1 saturated heterocycles. The lowest BCUT2D eigenvalue weighted by atomic mass is 9.87. The number of rotatable bonds is 6. The number of carbonyl (C=O) groups is 1. The van der Waals surface area contributed by atoms with E-state index in [1.54, 1.807) is 6.92 Å². The Kier molecular flexibility index (Phi) is 7.23. The normalized spacial score (nSPS) is 16.4. The van der Waals surface area contributed by atoms with E-state index in [1.165, 1.54) is 11.1 Å². The van der Waals surface area contributed by atoms with Gasteiger partial charge in [0.2, 0.25) is 0 Å². The Morgan fingerprint density at radius 3 is 2.38 bits per heavy atom. The predicted octanol–water partition coefficient (Wildman–Crippen LogP) is 5.91. The quantitative estimate of drug-likeness (QED) is 0.469. The number of carbonyl (C=O) groups excluding carboxylic acids is 1. The van der Waals surface area contributed by atoms with Crippen LogP contribution in [-0.2, 0) is 0 Å². The van der Waals surface area contributed by atoms with Crippen LogP contribution in [0.5, 0.6) is 0 Å². The molecule has 1 unspecified atom stereocenters. The van der Waals surface area contributed by atoms with E-state index in [-0.39, 0.29) is 5.78 Å². The largest absolute Gasteiger partial charge is 0.384 e. The van der Waals surface area contributed by atoms with E-state index < -0.39 is 0 Å². The summed E-state index contributed by atoms with van der Waals surface area (Å²) in [5.74, 6) is 1.20. The van der Waals surface area contributed by atoms with E-state index in [2.05, 4.69) is 53.8 Å². The second-order valence-electron chi connectivity index (χ2n) is 9.38. The highest BCUT2D eigenvalue weighted by molar-refractivity contribution is 5.94. The number of benzene rings is 1. The van der Waals surface area contributed by atoms with Crippen molar-refractivity contribution in [1.82, 2.24) is 14.9 Å². The molecule has 1 aromatic carbocycles. The summed E-state index contributed by atoms with van der Waals surface area (Å²) in [6.07, 6.45) is 8.22. The molecule has 1 aliphatic heterocycles. The third kappa shape index (κ3) is 5.26. The Labute approximate surface area is 202 Å². The van der Waals surface area contributed by atoms with E-state index in [4.69, 9.17) is 5.73 Å². The number of piperidine rings is 1. The molecule has 3 heterocycles. The van der Waals surface area contributed by atoms with Gasteiger partial charge in [-0.3, -0.25) is 14.7 Å². The van der Waals surface area contributed by atoms with Gasteiger partial charge in [-0.15, -0.1) is 0 Å². The summed E-state index contributed by atoms with van der Waals surface area (Å²) >= 11 is 0. The molecule has 1 aliphatic rings. The number of Topliss-reactive ketones (excluding diaryl/α,β-unsaturated/α-hetero) is 1. The highest BCUT2D eigenvalue weighted by atomic mass is 16.1. The topological polar surface area (TPSA) is 72.1 Å². The van der Waals surface area contributed by atoms with Crippen LogP contribution in [0, 0.1) is 6.92 Å². The summed E-state index contributed by atoms with van der Waals surface area (Å²) in [7, 11) is 0. The summed E-state index contributed by atoms with van der Waals surface area (Å²) in [6, 6.07) is 14.4. The first-order chi connectivity index (χ1) is 16.3. The van der Waals surface area contributed by atoms with Crippen molar-refractivity contribution in [2.24, 2.45) is 0 Å². The second kappa shape index (κ2) is 10.3. The minimum Gasteiger partial charge on any atom is -0.384 e. The number of aryl methyl sites for hydroxylation is 1. The maximum absolute atomic E-state index is 11.6. The fourth-order valence-electron chi connectivity index (χ4n) is 4.82. The molecule has 0 amide bonds. The van der Waals surface area contributed by atoms with Crippen molar-refractivity contribution in [2.45, 2.75) is 52.5 Å². The van der Waals surface area contributed by atoms with E-state index in [9.17, 15) is 4.79 Å². The van der Waals surface area contributed by atoms with Gasteiger partial charge in [-0.1, -0.05) is 35.9 Å². The van der Waals surface area contributed by atoms with Crippen LogP contribution >= 0.6 is 0 Å². The molecule has 34 heavy (non-hydrogen) atoms. The number of anilines is 1. The van der Waals surface area contributed by atoms with Crippen molar-refractivity contribution in [3.8, 4) is 11.1 Å². The standard InChI is InChI=1S/C29H34N4O/c1-19(17-28-20(2)31-14-11-27(28)26-9-10-29(30)32-18-26)21(3)33-15-12-25(13-16-33)24-7-5-23(6-8-24)22(4)34/h5-11,14,17-18,21,25H,12-13,15-16H2,1-4H3,(H2,30,32)/b19-17+. The molecule has 2 N–H and O–H groups in total. The molecular weight excluding hydrogens is 420 g/mol. The number of likely N-dealkylation sites (tertiary alicyclic amines) is 1. The molecule has 0 radical (unpaired) electrons. The number of nitrogen functional groups attached to an aromatic ring is 1. The predicted molar refractivity (Wildman–Crippen MR) is 140 cm³/mol. The van der Waals surface area contributed by atoms with Crippen molar-refractivity contribution in [3.63, 3.8) is 0 Å². The maximum atomic E-state index is 11.6. The first-order valence-electron chi connectivity index (χ1n) is 12.0. The van der Waals surface area contributed by atoms with Gasteiger partial charge in [-0.25, -0.2) is 4.98 Å². The zero-order valence-electron chi connectivity index (χ0n) is 20.6. The molecular formula is C29H34N4O. The molecule has 5 nitrogen and oxygen atoms in total. The van der Waals surface area contributed by atoms with Crippen LogP contribution in [0.25, 0.3) is 17.2 Å². The van der Waals surface area contributed by atoms with Crippen LogP contribution in [0.1, 0.15) is 66.7 Å². The lowest BCUT2D eigenvalue weighted by molar-refractivity contribution is 0.101. The molecule has 0 bridgehead atoms. The van der Waals surface area contributed by atoms with Gasteiger partial charge in [0, 0.05) is 40.8 Å². The van der Waals surface area contributed by atoms with Gasteiger partial charge in [0.15, 0.2) is 5.78 Å². The molecule has 2 aromatic heterocycles. The first-order valence-corrected chi connectivity index (χ1v) is 12.0. The number of hydrogen-bond acceptors (Lipinski definition) is 5. The van der Waals surface area contributed by atoms with Gasteiger partial charge in [-0.05, 0) is 88.9 Å². The molecule has 1 fully saturated rings. The van der Waals surface area contributed by atoms with Crippen molar-refractivity contribution < 1.29 is 4.79 Å². The number of aromatic nitrogens is 2. The van der Waals surface area contributed by atoms with Crippen molar-refractivity contribution in [2.75, 3.05) is 18.8 Å². The Balaban J connectivity index is 1.47. The van der Waals surface area contributed by atoms with E-state index in [0.717, 1.165) is 53.9 Å². The number of hydrogen-bond donors (Lipinski definition) is 1. The fraction of sp³-hybridized carbons (Fsp3) is 0.345. The third-order valence-corrected chi connectivity index (χ3v) is 7.18. The lowest BCUT2D eigenvalue weighted by Crippen LogP contribution is -2.40.